The minimum absolute atomic E-state index is 0.866. The Balaban J connectivity index is 0.925. The number of hydrogen-bond donors (Lipinski definition) is 0. The van der Waals surface area contributed by atoms with Crippen molar-refractivity contribution >= 4 is 71.6 Å². The van der Waals surface area contributed by atoms with Crippen LogP contribution in [-0.2, 0) is 0 Å². The Morgan fingerprint density at radius 1 is 0.295 bits per heavy atom. The van der Waals surface area contributed by atoms with Gasteiger partial charge in [-0.1, -0.05) is 140 Å². The normalized spacial score (nSPS) is 11.6. The van der Waals surface area contributed by atoms with Gasteiger partial charge in [-0.3, -0.25) is 0 Å². The predicted molar refractivity (Wildman–Crippen MR) is 257 cm³/mol. The largest absolute Gasteiger partial charge is 0.456 e. The third-order valence-electron chi connectivity index (χ3n) is 12.2. The maximum atomic E-state index is 6.41. The summed E-state index contributed by atoms with van der Waals surface area (Å²) in [6.45, 7) is 0. The Hall–Kier alpha value is -8.14. The van der Waals surface area contributed by atoms with Gasteiger partial charge in [0.05, 0.1) is 11.0 Å². The molecule has 286 valence electrons. The van der Waals surface area contributed by atoms with Crippen LogP contribution in [0.1, 0.15) is 0 Å². The van der Waals surface area contributed by atoms with E-state index >= 15 is 0 Å². The van der Waals surface area contributed by atoms with Gasteiger partial charge >= 0.3 is 0 Å². The lowest BCUT2D eigenvalue weighted by molar-refractivity contribution is 0.669. The number of aromatic nitrogens is 1. The van der Waals surface area contributed by atoms with Crippen LogP contribution >= 0.6 is 0 Å². The molecule has 0 saturated heterocycles. The van der Waals surface area contributed by atoms with Gasteiger partial charge < -0.3 is 13.9 Å². The van der Waals surface area contributed by atoms with Crippen molar-refractivity contribution in [3.8, 4) is 39.1 Å². The molecule has 12 rings (SSSR count). The monoisotopic (exact) mass is 778 g/mol. The van der Waals surface area contributed by atoms with Crippen LogP contribution < -0.4 is 4.90 Å². The van der Waals surface area contributed by atoms with E-state index in [1.165, 1.54) is 60.4 Å². The minimum atomic E-state index is 0.866. The summed E-state index contributed by atoms with van der Waals surface area (Å²) in [5, 5.41) is 7.22. The van der Waals surface area contributed by atoms with E-state index in [9.17, 15) is 0 Å². The van der Waals surface area contributed by atoms with Crippen molar-refractivity contribution in [3.05, 3.63) is 231 Å². The molecule has 3 heteroatoms. The average molecular weight is 779 g/mol. The van der Waals surface area contributed by atoms with E-state index in [-0.39, 0.29) is 0 Å². The molecule has 2 aromatic heterocycles. The number of nitrogens with zero attached hydrogens (tertiary/aromatic N) is 2. The van der Waals surface area contributed by atoms with Gasteiger partial charge in [-0.2, -0.15) is 0 Å². The van der Waals surface area contributed by atoms with Gasteiger partial charge in [0.15, 0.2) is 0 Å². The topological polar surface area (TPSA) is 21.3 Å². The van der Waals surface area contributed by atoms with Crippen molar-refractivity contribution in [3.63, 3.8) is 0 Å². The summed E-state index contributed by atoms with van der Waals surface area (Å²) in [6.07, 6.45) is 0. The van der Waals surface area contributed by atoms with Crippen molar-refractivity contribution in [2.45, 2.75) is 0 Å². The lowest BCUT2D eigenvalue weighted by atomic mass is 9.97. The number of benzene rings is 10. The first kappa shape index (κ1) is 34.9. The van der Waals surface area contributed by atoms with Gasteiger partial charge in [0.25, 0.3) is 0 Å². The van der Waals surface area contributed by atoms with Crippen LogP contribution in [0.15, 0.2) is 235 Å². The second-order valence-corrected chi connectivity index (χ2v) is 15.8. The van der Waals surface area contributed by atoms with Gasteiger partial charge in [-0.25, -0.2) is 0 Å². The molecule has 0 saturated carbocycles. The fourth-order valence-corrected chi connectivity index (χ4v) is 9.16. The molecule has 0 spiro atoms. The third kappa shape index (κ3) is 6.06. The summed E-state index contributed by atoms with van der Waals surface area (Å²) in [5.41, 5.74) is 15.6. The van der Waals surface area contributed by atoms with Gasteiger partial charge in [0.1, 0.15) is 11.2 Å². The van der Waals surface area contributed by atoms with E-state index < -0.39 is 0 Å². The molecular weight excluding hydrogens is 741 g/mol. The molecule has 0 bridgehead atoms. The zero-order valence-corrected chi connectivity index (χ0v) is 33.2. The number of hydrogen-bond acceptors (Lipinski definition) is 2. The highest BCUT2D eigenvalue weighted by atomic mass is 16.3. The molecule has 10 aromatic carbocycles. The second kappa shape index (κ2) is 14.3. The lowest BCUT2D eigenvalue weighted by Gasteiger charge is -2.26. The summed E-state index contributed by atoms with van der Waals surface area (Å²) in [5.74, 6) is 0. The maximum absolute atomic E-state index is 6.41. The molecular formula is C58H38N2O. The molecule has 0 fully saturated rings. The van der Waals surface area contributed by atoms with Crippen molar-refractivity contribution in [1.82, 2.24) is 4.57 Å². The zero-order valence-electron chi connectivity index (χ0n) is 33.2. The van der Waals surface area contributed by atoms with Crippen molar-refractivity contribution < 1.29 is 4.42 Å². The molecule has 0 amide bonds. The van der Waals surface area contributed by atoms with Crippen molar-refractivity contribution in [1.29, 1.82) is 0 Å². The highest BCUT2D eigenvalue weighted by Gasteiger charge is 2.18. The Morgan fingerprint density at radius 2 is 0.852 bits per heavy atom. The quantitative estimate of drug-likeness (QED) is 0.161. The summed E-state index contributed by atoms with van der Waals surface area (Å²) in [4.78, 5) is 2.32. The first-order chi connectivity index (χ1) is 30.2. The van der Waals surface area contributed by atoms with E-state index in [4.69, 9.17) is 4.42 Å². The molecule has 0 N–H and O–H groups in total. The van der Waals surface area contributed by atoms with Crippen LogP contribution in [0.4, 0.5) is 17.1 Å². The van der Waals surface area contributed by atoms with Crippen LogP contribution in [0.25, 0.3) is 93.6 Å². The highest BCUT2D eigenvalue weighted by Crippen LogP contribution is 2.41. The summed E-state index contributed by atoms with van der Waals surface area (Å²) < 4.78 is 8.77. The summed E-state index contributed by atoms with van der Waals surface area (Å²) >= 11 is 0. The van der Waals surface area contributed by atoms with Gasteiger partial charge in [-0.05, 0) is 129 Å². The van der Waals surface area contributed by atoms with Crippen LogP contribution in [-0.4, -0.2) is 4.57 Å². The van der Waals surface area contributed by atoms with E-state index in [0.717, 1.165) is 50.3 Å². The van der Waals surface area contributed by atoms with Crippen LogP contribution in [0, 0.1) is 0 Å². The molecule has 0 aliphatic carbocycles. The molecule has 0 aliphatic rings. The lowest BCUT2D eigenvalue weighted by Crippen LogP contribution is -2.09. The van der Waals surface area contributed by atoms with Crippen molar-refractivity contribution in [2.24, 2.45) is 0 Å². The van der Waals surface area contributed by atoms with Crippen LogP contribution in [0.5, 0.6) is 0 Å². The number of fused-ring (bicyclic) bond motifs is 7. The SMILES string of the molecule is c1ccc(-n2c3ccccc3c3cc(-c4ccc(N(c5ccc(-c6cccc(-c7ccc8ccccc8c7)c6)cc5)c5ccc6c(c5)oc5ccccc56)cc4)ccc32)cc1. The average Bonchev–Trinajstić information content (AvgIpc) is 3.87. The predicted octanol–water partition coefficient (Wildman–Crippen LogP) is 16.3. The third-order valence-corrected chi connectivity index (χ3v) is 12.2. The van der Waals surface area contributed by atoms with E-state index in [1.54, 1.807) is 0 Å². The molecule has 0 aliphatic heterocycles. The number of para-hydroxylation sites is 3. The molecule has 3 nitrogen and oxygen atoms in total. The zero-order chi connectivity index (χ0) is 40.3. The Labute approximate surface area is 353 Å². The highest BCUT2D eigenvalue weighted by molar-refractivity contribution is 6.10. The Kier molecular flexibility index (Phi) is 8.17. The van der Waals surface area contributed by atoms with Gasteiger partial charge in [0, 0.05) is 50.4 Å². The minimum Gasteiger partial charge on any atom is -0.456 e. The standard InChI is InChI=1S/C58H38N2O/c1-2-15-47(16-3-1)60-55-19-8-6-17-51(55)54-37-46(27-34-56(54)60)41-25-30-49(31-26-41)59(50-32-33-53-52-18-7-9-20-57(52)61-58(53)38-50)48-28-23-40(24-29-48)43-13-10-14-44(35-43)45-22-21-39-11-4-5-12-42(39)36-45/h1-38H. The second-order valence-electron chi connectivity index (χ2n) is 15.8. The fourth-order valence-electron chi connectivity index (χ4n) is 9.16. The fraction of sp³-hybridized carbons (Fsp3) is 0. The summed E-state index contributed by atoms with van der Waals surface area (Å²) in [7, 11) is 0. The first-order valence-electron chi connectivity index (χ1n) is 20.8. The molecule has 0 atom stereocenters. The summed E-state index contributed by atoms with van der Waals surface area (Å²) in [6, 6.07) is 82.9. The number of furan rings is 1. The molecule has 61 heavy (non-hydrogen) atoms. The molecule has 2 heterocycles. The van der Waals surface area contributed by atoms with E-state index in [0.29, 0.717) is 0 Å². The van der Waals surface area contributed by atoms with Crippen LogP contribution in [0.3, 0.4) is 0 Å². The smallest absolute Gasteiger partial charge is 0.137 e. The van der Waals surface area contributed by atoms with Crippen molar-refractivity contribution in [2.75, 3.05) is 4.90 Å². The van der Waals surface area contributed by atoms with E-state index in [1.807, 2.05) is 12.1 Å². The first-order valence-corrected chi connectivity index (χ1v) is 20.8. The Morgan fingerprint density at radius 3 is 1.64 bits per heavy atom. The molecule has 0 unspecified atom stereocenters. The van der Waals surface area contributed by atoms with Crippen LogP contribution in [0.2, 0.25) is 0 Å². The van der Waals surface area contributed by atoms with Gasteiger partial charge in [-0.15, -0.1) is 0 Å². The number of rotatable bonds is 7. The van der Waals surface area contributed by atoms with Gasteiger partial charge in [0.2, 0.25) is 0 Å². The molecule has 0 radical (unpaired) electrons. The molecule has 12 aromatic rings. The number of anilines is 3. The Bertz CT molecular complexity index is 3580. The maximum Gasteiger partial charge on any atom is 0.137 e. The van der Waals surface area contributed by atoms with E-state index in [2.05, 4.69) is 228 Å².